The van der Waals surface area contributed by atoms with Gasteiger partial charge < -0.3 is 5.32 Å². The van der Waals surface area contributed by atoms with E-state index in [-0.39, 0.29) is 0 Å². The normalized spacial score (nSPS) is 24.0. The number of halogens is 2. The first-order valence-electron chi connectivity index (χ1n) is 7.79. The predicted molar refractivity (Wildman–Crippen MR) is 88.8 cm³/mol. The van der Waals surface area contributed by atoms with E-state index in [4.69, 9.17) is 23.2 Å². The molecule has 0 saturated heterocycles. The predicted octanol–water partition coefficient (Wildman–Crippen LogP) is 5.34. The summed E-state index contributed by atoms with van der Waals surface area (Å²) in [7, 11) is 0. The van der Waals surface area contributed by atoms with E-state index in [0.717, 1.165) is 24.8 Å². The Bertz CT molecular complexity index is 433. The molecule has 3 heteroatoms. The van der Waals surface area contributed by atoms with Crippen LogP contribution in [0.3, 0.4) is 0 Å². The Balaban J connectivity index is 2.08. The summed E-state index contributed by atoms with van der Waals surface area (Å²) in [5.41, 5.74) is 1.28. The second kappa shape index (κ2) is 7.68. The zero-order chi connectivity index (χ0) is 14.5. The lowest BCUT2D eigenvalue weighted by Crippen LogP contribution is -2.39. The average Bonchev–Trinajstić information content (AvgIpc) is 2.85. The zero-order valence-corrected chi connectivity index (χ0v) is 14.0. The van der Waals surface area contributed by atoms with E-state index in [1.54, 1.807) is 0 Å². The third-order valence-electron chi connectivity index (χ3n) is 4.54. The Labute approximate surface area is 133 Å². The van der Waals surface area contributed by atoms with Crippen molar-refractivity contribution in [3.8, 4) is 0 Å². The first kappa shape index (κ1) is 16.1. The van der Waals surface area contributed by atoms with E-state index in [1.807, 2.05) is 12.1 Å². The van der Waals surface area contributed by atoms with Crippen LogP contribution in [0, 0.1) is 11.8 Å². The molecule has 1 nitrogen and oxygen atoms in total. The lowest BCUT2D eigenvalue weighted by molar-refractivity contribution is 0.295. The molecule has 0 aromatic heterocycles. The highest BCUT2D eigenvalue weighted by Gasteiger charge is 2.30. The molecule has 1 saturated carbocycles. The smallest absolute Gasteiger partial charge is 0.0595 e. The van der Waals surface area contributed by atoms with Gasteiger partial charge in [-0.3, -0.25) is 0 Å². The van der Waals surface area contributed by atoms with Gasteiger partial charge in [0, 0.05) is 6.04 Å². The lowest BCUT2D eigenvalue weighted by atomic mass is 9.86. The van der Waals surface area contributed by atoms with Gasteiger partial charge in [0.2, 0.25) is 0 Å². The highest BCUT2D eigenvalue weighted by atomic mass is 35.5. The van der Waals surface area contributed by atoms with Crippen LogP contribution < -0.4 is 5.32 Å². The summed E-state index contributed by atoms with van der Waals surface area (Å²) in [6.07, 6.45) is 6.32. The fourth-order valence-corrected chi connectivity index (χ4v) is 3.72. The first-order chi connectivity index (χ1) is 9.61. The van der Waals surface area contributed by atoms with Crippen LogP contribution in [0.1, 0.15) is 45.1 Å². The van der Waals surface area contributed by atoms with Gasteiger partial charge in [0.05, 0.1) is 10.0 Å². The molecule has 1 aliphatic rings. The molecule has 0 amide bonds. The van der Waals surface area contributed by atoms with Crippen molar-refractivity contribution in [1.82, 2.24) is 5.32 Å². The van der Waals surface area contributed by atoms with E-state index >= 15 is 0 Å². The van der Waals surface area contributed by atoms with Gasteiger partial charge in [0.15, 0.2) is 0 Å². The van der Waals surface area contributed by atoms with Gasteiger partial charge in [-0.05, 0) is 55.3 Å². The fraction of sp³-hybridized carbons (Fsp3) is 0.647. The van der Waals surface area contributed by atoms with Crippen molar-refractivity contribution in [1.29, 1.82) is 0 Å². The molecule has 1 aromatic carbocycles. The van der Waals surface area contributed by atoms with Gasteiger partial charge in [-0.1, -0.05) is 56.0 Å². The Morgan fingerprint density at radius 2 is 2.05 bits per heavy atom. The highest BCUT2D eigenvalue weighted by Crippen LogP contribution is 2.35. The quantitative estimate of drug-likeness (QED) is 0.747. The second-order valence-electron chi connectivity index (χ2n) is 6.09. The standard InChI is InChI=1S/C17H25Cl2N/c1-3-9-20-17(14-6-4-5-12(14)2)11-13-7-8-15(18)16(19)10-13/h7-8,10,12,14,17,20H,3-6,9,11H2,1-2H3. The van der Waals surface area contributed by atoms with Crippen LogP contribution in [0.4, 0.5) is 0 Å². The monoisotopic (exact) mass is 313 g/mol. The third kappa shape index (κ3) is 4.13. The number of rotatable bonds is 6. The molecule has 2 rings (SSSR count). The molecule has 20 heavy (non-hydrogen) atoms. The summed E-state index contributed by atoms with van der Waals surface area (Å²) in [5, 5.41) is 5.05. The van der Waals surface area contributed by atoms with Crippen molar-refractivity contribution in [2.24, 2.45) is 11.8 Å². The number of nitrogens with one attached hydrogen (secondary N) is 1. The van der Waals surface area contributed by atoms with Crippen LogP contribution in [0.2, 0.25) is 10.0 Å². The maximum absolute atomic E-state index is 6.14. The second-order valence-corrected chi connectivity index (χ2v) is 6.90. The molecule has 112 valence electrons. The molecular weight excluding hydrogens is 289 g/mol. The van der Waals surface area contributed by atoms with E-state index < -0.39 is 0 Å². The Morgan fingerprint density at radius 1 is 1.25 bits per heavy atom. The minimum absolute atomic E-state index is 0.560. The van der Waals surface area contributed by atoms with E-state index in [1.165, 1.54) is 31.2 Å². The molecule has 0 heterocycles. The maximum Gasteiger partial charge on any atom is 0.0595 e. The van der Waals surface area contributed by atoms with Gasteiger partial charge in [-0.25, -0.2) is 0 Å². The van der Waals surface area contributed by atoms with Crippen molar-refractivity contribution in [3.05, 3.63) is 33.8 Å². The number of hydrogen-bond donors (Lipinski definition) is 1. The molecule has 3 atom stereocenters. The van der Waals surface area contributed by atoms with Crippen molar-refractivity contribution >= 4 is 23.2 Å². The van der Waals surface area contributed by atoms with Crippen molar-refractivity contribution in [3.63, 3.8) is 0 Å². The minimum Gasteiger partial charge on any atom is -0.313 e. The molecule has 0 aliphatic heterocycles. The van der Waals surface area contributed by atoms with Crippen molar-refractivity contribution < 1.29 is 0 Å². The van der Waals surface area contributed by atoms with Crippen LogP contribution in [-0.2, 0) is 6.42 Å². The highest BCUT2D eigenvalue weighted by molar-refractivity contribution is 6.42. The van der Waals surface area contributed by atoms with Gasteiger partial charge >= 0.3 is 0 Å². The Hall–Kier alpha value is -0.240. The van der Waals surface area contributed by atoms with E-state index in [0.29, 0.717) is 16.1 Å². The topological polar surface area (TPSA) is 12.0 Å². The molecule has 0 radical (unpaired) electrons. The molecule has 1 aromatic rings. The van der Waals surface area contributed by atoms with E-state index in [2.05, 4.69) is 25.2 Å². The molecule has 1 fully saturated rings. The fourth-order valence-electron chi connectivity index (χ4n) is 3.40. The Kier molecular flexibility index (Phi) is 6.20. The molecule has 3 unspecified atom stereocenters. The number of hydrogen-bond acceptors (Lipinski definition) is 1. The van der Waals surface area contributed by atoms with E-state index in [9.17, 15) is 0 Å². The van der Waals surface area contributed by atoms with Gasteiger partial charge in [0.1, 0.15) is 0 Å². The number of benzene rings is 1. The summed E-state index contributed by atoms with van der Waals surface area (Å²) < 4.78 is 0. The summed E-state index contributed by atoms with van der Waals surface area (Å²) in [6.45, 7) is 5.71. The maximum atomic E-state index is 6.14. The summed E-state index contributed by atoms with van der Waals surface area (Å²) >= 11 is 12.1. The molecule has 0 bridgehead atoms. The van der Waals surface area contributed by atoms with Crippen molar-refractivity contribution in [2.45, 2.75) is 52.0 Å². The van der Waals surface area contributed by atoms with Crippen LogP contribution in [0.15, 0.2) is 18.2 Å². The molecule has 1 N–H and O–H groups in total. The third-order valence-corrected chi connectivity index (χ3v) is 5.28. The average molecular weight is 314 g/mol. The summed E-state index contributed by atoms with van der Waals surface area (Å²) in [4.78, 5) is 0. The SMILES string of the molecule is CCCNC(Cc1ccc(Cl)c(Cl)c1)C1CCCC1C. The molecular formula is C17H25Cl2N. The minimum atomic E-state index is 0.560. The van der Waals surface area contributed by atoms with Crippen molar-refractivity contribution in [2.75, 3.05) is 6.54 Å². The van der Waals surface area contributed by atoms with Gasteiger partial charge in [-0.2, -0.15) is 0 Å². The molecule has 0 spiro atoms. The Morgan fingerprint density at radius 3 is 2.65 bits per heavy atom. The summed E-state index contributed by atoms with van der Waals surface area (Å²) in [6, 6.07) is 6.59. The van der Waals surface area contributed by atoms with Gasteiger partial charge in [0.25, 0.3) is 0 Å². The lowest BCUT2D eigenvalue weighted by Gasteiger charge is -2.28. The van der Waals surface area contributed by atoms with Gasteiger partial charge in [-0.15, -0.1) is 0 Å². The first-order valence-corrected chi connectivity index (χ1v) is 8.54. The summed E-state index contributed by atoms with van der Waals surface area (Å²) in [5.74, 6) is 1.61. The zero-order valence-electron chi connectivity index (χ0n) is 12.5. The van der Waals surface area contributed by atoms with Crippen LogP contribution in [-0.4, -0.2) is 12.6 Å². The largest absolute Gasteiger partial charge is 0.313 e. The van der Waals surface area contributed by atoms with Crippen LogP contribution in [0.25, 0.3) is 0 Å². The van der Waals surface area contributed by atoms with Crippen LogP contribution >= 0.6 is 23.2 Å². The molecule has 1 aliphatic carbocycles. The van der Waals surface area contributed by atoms with Crippen LogP contribution in [0.5, 0.6) is 0 Å².